The molecule has 0 aliphatic carbocycles. The summed E-state index contributed by atoms with van der Waals surface area (Å²) in [6.45, 7) is 1.38. The van der Waals surface area contributed by atoms with E-state index in [1.54, 1.807) is 0 Å². The zero-order valence-corrected chi connectivity index (χ0v) is 5.56. The topological polar surface area (TPSA) is 99.7 Å². The third-order valence-corrected chi connectivity index (χ3v) is 1.03. The minimum Gasteiger partial charge on any atom is -0.391 e. The fourth-order valence-electron chi connectivity index (χ4n) is 0.381. The number of hydrogen-bond acceptors (Lipinski definition) is 3. The van der Waals surface area contributed by atoms with Crippen molar-refractivity contribution in [3.8, 4) is 0 Å². The number of aliphatic hydroxyl groups is 1. The van der Waals surface area contributed by atoms with Crippen molar-refractivity contribution in [2.24, 2.45) is 5.73 Å². The number of nitrogens with zero attached hydrogens (tertiary/aromatic N) is 2. The van der Waals surface area contributed by atoms with Crippen molar-refractivity contribution in [1.82, 2.24) is 0 Å². The largest absolute Gasteiger partial charge is 0.391 e. The van der Waals surface area contributed by atoms with Gasteiger partial charge in [0.05, 0.1) is 6.10 Å². The van der Waals surface area contributed by atoms with Gasteiger partial charge in [-0.15, -0.1) is 0 Å². The first-order valence-electron chi connectivity index (χ1n) is 2.74. The van der Waals surface area contributed by atoms with Crippen molar-refractivity contribution >= 4 is 12.0 Å². The molecule has 0 bridgehead atoms. The van der Waals surface area contributed by atoms with E-state index in [2.05, 4.69) is 4.79 Å². The van der Waals surface area contributed by atoms with E-state index < -0.39 is 17.9 Å². The number of nitrogens with two attached hydrogens (primary N) is 1. The smallest absolute Gasteiger partial charge is 0.324 e. The Morgan fingerprint density at radius 3 is 2.70 bits per heavy atom. The predicted octanol–water partition coefficient (Wildman–Crippen LogP) is -1.44. The van der Waals surface area contributed by atoms with E-state index in [-0.39, 0.29) is 0 Å². The Morgan fingerprint density at radius 2 is 2.40 bits per heavy atom. The van der Waals surface area contributed by atoms with Gasteiger partial charge >= 0.3 is 6.21 Å². The van der Waals surface area contributed by atoms with E-state index in [0.717, 1.165) is 0 Å². The zero-order valence-electron chi connectivity index (χ0n) is 5.56. The van der Waals surface area contributed by atoms with Gasteiger partial charge in [-0.25, -0.2) is 0 Å². The van der Waals surface area contributed by atoms with Crippen LogP contribution in [-0.4, -0.2) is 34.0 Å². The van der Waals surface area contributed by atoms with Crippen LogP contribution in [0.4, 0.5) is 0 Å². The summed E-state index contributed by atoms with van der Waals surface area (Å²) in [4.78, 5) is 13.1. The Bertz CT molecular complexity index is 172. The van der Waals surface area contributed by atoms with Crippen LogP contribution in [0.1, 0.15) is 6.92 Å². The highest BCUT2D eigenvalue weighted by Crippen LogP contribution is 1.86. The Kier molecular flexibility index (Phi) is 3.49. The van der Waals surface area contributed by atoms with Gasteiger partial charge in [0.2, 0.25) is 0 Å². The Morgan fingerprint density at radius 1 is 1.90 bits per heavy atom. The number of rotatable bonds is 3. The molecule has 0 aromatic carbocycles. The lowest BCUT2D eigenvalue weighted by molar-refractivity contribution is -0.119. The number of carbonyl (C=O) groups is 1. The maximum Gasteiger partial charge on any atom is 0.324 e. The summed E-state index contributed by atoms with van der Waals surface area (Å²) < 4.78 is 0. The van der Waals surface area contributed by atoms with Gasteiger partial charge in [-0.1, -0.05) is 0 Å². The third-order valence-electron chi connectivity index (χ3n) is 1.03. The van der Waals surface area contributed by atoms with Gasteiger partial charge in [0.1, 0.15) is 6.04 Å². The molecular weight excluding hydrogens is 134 g/mol. The average Bonchev–Trinajstić information content (AvgIpc) is 1.87. The lowest BCUT2D eigenvalue weighted by atomic mass is 10.1. The second kappa shape index (κ2) is 3.90. The van der Waals surface area contributed by atoms with Crippen LogP contribution < -0.4 is 5.73 Å². The highest BCUT2D eigenvalue weighted by atomic mass is 16.3. The van der Waals surface area contributed by atoms with Gasteiger partial charge in [0.25, 0.3) is 5.78 Å². The molecule has 0 aromatic rings. The molecule has 5 heteroatoms. The van der Waals surface area contributed by atoms with Crippen LogP contribution in [0.5, 0.6) is 0 Å². The highest BCUT2D eigenvalue weighted by Gasteiger charge is 2.19. The van der Waals surface area contributed by atoms with E-state index >= 15 is 0 Å². The fourth-order valence-corrected chi connectivity index (χ4v) is 0.381. The van der Waals surface area contributed by atoms with Crippen LogP contribution >= 0.6 is 0 Å². The maximum absolute atomic E-state index is 10.6. The van der Waals surface area contributed by atoms with E-state index in [1.807, 2.05) is 0 Å². The average molecular weight is 143 g/mol. The van der Waals surface area contributed by atoms with E-state index in [4.69, 9.17) is 16.4 Å². The van der Waals surface area contributed by atoms with Crippen molar-refractivity contribution in [2.45, 2.75) is 19.1 Å². The van der Waals surface area contributed by atoms with Crippen LogP contribution in [0.2, 0.25) is 0 Å². The van der Waals surface area contributed by atoms with Crippen LogP contribution in [0.25, 0.3) is 5.53 Å². The molecule has 0 saturated carbocycles. The van der Waals surface area contributed by atoms with Crippen LogP contribution in [0, 0.1) is 0 Å². The molecule has 0 spiro atoms. The molecule has 0 fully saturated rings. The van der Waals surface area contributed by atoms with Crippen molar-refractivity contribution in [3.05, 3.63) is 5.53 Å². The summed E-state index contributed by atoms with van der Waals surface area (Å²) in [5.41, 5.74) is 13.0. The Balaban J connectivity index is 4.07. The van der Waals surface area contributed by atoms with Crippen molar-refractivity contribution in [2.75, 3.05) is 0 Å². The highest BCUT2D eigenvalue weighted by molar-refractivity contribution is 6.27. The molecule has 3 N–H and O–H groups in total. The number of aliphatic hydroxyl groups excluding tert-OH is 1. The monoisotopic (exact) mass is 143 g/mol. The lowest BCUT2D eigenvalue weighted by Crippen LogP contribution is -2.40. The first kappa shape index (κ1) is 8.97. The zero-order chi connectivity index (χ0) is 8.15. The van der Waals surface area contributed by atoms with Gasteiger partial charge in [0, 0.05) is 0 Å². The summed E-state index contributed by atoms with van der Waals surface area (Å²) in [7, 11) is 0. The number of hydrogen-bond donors (Lipinski definition) is 2. The SMILES string of the molecule is CC(O)C(N)C(=O)C=[N+]=[N-]. The van der Waals surface area contributed by atoms with Gasteiger partial charge in [-0.05, 0) is 6.92 Å². The van der Waals surface area contributed by atoms with E-state index in [9.17, 15) is 4.79 Å². The number of Topliss-reactive ketones (excluding diaryl/α,β-unsaturated/α-hetero) is 1. The van der Waals surface area contributed by atoms with Crippen LogP contribution in [-0.2, 0) is 4.79 Å². The molecule has 0 rings (SSSR count). The predicted molar refractivity (Wildman–Crippen MR) is 34.3 cm³/mol. The van der Waals surface area contributed by atoms with Gasteiger partial charge in [-0.3, -0.25) is 4.79 Å². The summed E-state index contributed by atoms with van der Waals surface area (Å²) in [5, 5.41) is 8.73. The lowest BCUT2D eigenvalue weighted by Gasteiger charge is -2.06. The molecule has 0 aromatic heterocycles. The van der Waals surface area contributed by atoms with Crippen LogP contribution in [0.15, 0.2) is 0 Å². The molecule has 0 amide bonds. The molecule has 10 heavy (non-hydrogen) atoms. The minimum atomic E-state index is -1.00. The normalized spacial score (nSPS) is 15.1. The standard InChI is InChI=1S/C5H9N3O2/c1-3(9)5(6)4(10)2-8-7/h2-3,5,9H,6H2,1H3. The van der Waals surface area contributed by atoms with Crippen molar-refractivity contribution < 1.29 is 14.7 Å². The van der Waals surface area contributed by atoms with Gasteiger partial charge < -0.3 is 16.4 Å². The summed E-state index contributed by atoms with van der Waals surface area (Å²) in [5.74, 6) is -0.600. The molecule has 2 unspecified atom stereocenters. The maximum atomic E-state index is 10.6. The quantitative estimate of drug-likeness (QED) is 0.287. The van der Waals surface area contributed by atoms with E-state index in [1.165, 1.54) is 6.92 Å². The van der Waals surface area contributed by atoms with Crippen LogP contribution in [0.3, 0.4) is 0 Å². The second-order valence-electron chi connectivity index (χ2n) is 1.91. The molecule has 0 radical (unpaired) electrons. The molecule has 56 valence electrons. The minimum absolute atomic E-state index is 0.600. The van der Waals surface area contributed by atoms with Gasteiger partial charge in [-0.2, -0.15) is 4.79 Å². The Hall–Kier alpha value is -1.03. The summed E-state index contributed by atoms with van der Waals surface area (Å²) >= 11 is 0. The van der Waals surface area contributed by atoms with Crippen molar-refractivity contribution in [1.29, 1.82) is 0 Å². The number of ketones is 1. The van der Waals surface area contributed by atoms with Gasteiger partial charge in [0.15, 0.2) is 0 Å². The third kappa shape index (κ3) is 2.50. The fraction of sp³-hybridized carbons (Fsp3) is 0.600. The molecule has 2 atom stereocenters. The summed E-state index contributed by atoms with van der Waals surface area (Å²) in [6, 6.07) is -1.00. The van der Waals surface area contributed by atoms with E-state index in [0.29, 0.717) is 6.21 Å². The summed E-state index contributed by atoms with van der Waals surface area (Å²) in [6.07, 6.45) is -0.261. The van der Waals surface area contributed by atoms with Crippen molar-refractivity contribution in [3.63, 3.8) is 0 Å². The first-order chi connectivity index (χ1) is 4.59. The second-order valence-corrected chi connectivity index (χ2v) is 1.91. The number of carbonyl (C=O) groups excluding carboxylic acids is 1. The Labute approximate surface area is 58.1 Å². The molecule has 5 nitrogen and oxygen atoms in total. The molecule has 0 aliphatic heterocycles. The molecule has 0 saturated heterocycles. The molecule has 0 aliphatic rings. The molecule has 0 heterocycles. The molecular formula is C5H9N3O2. The first-order valence-corrected chi connectivity index (χ1v) is 2.74.